The van der Waals surface area contributed by atoms with Gasteiger partial charge in [-0.2, -0.15) is 0 Å². The normalized spacial score (nSPS) is 19.0. The maximum Gasteiger partial charge on any atom is 0.187 e. The maximum absolute atomic E-state index is 10.2. The molecule has 0 aliphatic carbocycles. The first kappa shape index (κ1) is 6.26. The molecule has 0 saturated heterocycles. The van der Waals surface area contributed by atoms with Crippen LogP contribution in [-0.4, -0.2) is 6.66 Å². The van der Waals surface area contributed by atoms with Crippen molar-refractivity contribution in [1.82, 2.24) is 0 Å². The third kappa shape index (κ3) is 4.26. The highest BCUT2D eigenvalue weighted by molar-refractivity contribution is 7.91. The lowest BCUT2D eigenvalue weighted by Crippen LogP contribution is -1.49. The van der Waals surface area contributed by atoms with Gasteiger partial charge in [-0.15, -0.1) is 0 Å². The summed E-state index contributed by atoms with van der Waals surface area (Å²) in [6.07, 6.45) is 0. The minimum atomic E-state index is -2.41. The molecule has 6 heavy (non-hydrogen) atoms. The highest BCUT2D eigenvalue weighted by atomic mass is 35.7. The van der Waals surface area contributed by atoms with Crippen LogP contribution in [-0.2, 0) is 4.57 Å². The predicted octanol–water partition coefficient (Wildman–Crippen LogP) is 2.28. The summed E-state index contributed by atoms with van der Waals surface area (Å²) >= 11 is 5.16. The molecule has 1 unspecified atom stereocenters. The summed E-state index contributed by atoms with van der Waals surface area (Å²) in [6, 6.07) is 0. The van der Waals surface area contributed by atoms with E-state index in [1.165, 1.54) is 12.5 Å². The molecule has 0 saturated carbocycles. The van der Waals surface area contributed by atoms with Gasteiger partial charge in [0.25, 0.3) is 0 Å². The molecule has 0 bridgehead atoms. The van der Waals surface area contributed by atoms with Gasteiger partial charge in [-0.3, -0.25) is 0 Å². The van der Waals surface area contributed by atoms with E-state index in [0.717, 1.165) is 0 Å². The molecule has 0 N–H and O–H groups in total. The SMILES string of the molecule is C=CP(C)(=O)Cl. The largest absolute Gasteiger partial charge is 0.303 e. The van der Waals surface area contributed by atoms with E-state index in [9.17, 15) is 4.57 Å². The van der Waals surface area contributed by atoms with Crippen LogP contribution in [0.3, 0.4) is 0 Å². The van der Waals surface area contributed by atoms with Gasteiger partial charge in [-0.25, -0.2) is 0 Å². The third-order valence-electron chi connectivity index (χ3n) is 0.326. The zero-order chi connectivity index (χ0) is 5.21. The molecule has 0 spiro atoms. The maximum atomic E-state index is 10.2. The lowest BCUT2D eigenvalue weighted by molar-refractivity contribution is 0.593. The molecule has 0 aromatic rings. The first-order chi connectivity index (χ1) is 2.56. The van der Waals surface area contributed by atoms with Crippen molar-refractivity contribution in [2.75, 3.05) is 6.66 Å². The molecule has 0 rings (SSSR count). The Balaban J connectivity index is 3.81. The van der Waals surface area contributed by atoms with Crippen LogP contribution >= 0.6 is 17.7 Å². The van der Waals surface area contributed by atoms with Crippen molar-refractivity contribution in [1.29, 1.82) is 0 Å². The van der Waals surface area contributed by atoms with Crippen molar-refractivity contribution in [3.05, 3.63) is 12.4 Å². The van der Waals surface area contributed by atoms with E-state index in [1.54, 1.807) is 0 Å². The summed E-state index contributed by atoms with van der Waals surface area (Å²) in [5.41, 5.74) is 0. The first-order valence-electron chi connectivity index (χ1n) is 1.47. The van der Waals surface area contributed by atoms with Gasteiger partial charge in [0.1, 0.15) is 0 Å². The Morgan fingerprint density at radius 1 is 2.00 bits per heavy atom. The fraction of sp³-hybridized carbons (Fsp3) is 0.333. The predicted molar refractivity (Wildman–Crippen MR) is 29.6 cm³/mol. The van der Waals surface area contributed by atoms with Gasteiger partial charge in [0, 0.05) is 6.66 Å². The average molecular weight is 125 g/mol. The standard InChI is InChI=1S/C3H6ClOP/c1-3-6(2,4)5/h3H,1H2,2H3. The third-order valence-corrected chi connectivity index (χ3v) is 1.39. The van der Waals surface area contributed by atoms with Crippen LogP contribution in [0.15, 0.2) is 12.4 Å². The minimum absolute atomic E-state index is 1.26. The Bertz CT molecular complexity index is 93.0. The number of halogens is 1. The van der Waals surface area contributed by atoms with Crippen molar-refractivity contribution in [3.8, 4) is 0 Å². The number of hydrogen-bond acceptors (Lipinski definition) is 1. The molecule has 0 aliphatic heterocycles. The fourth-order valence-electron chi connectivity index (χ4n) is 0. The van der Waals surface area contributed by atoms with E-state index < -0.39 is 6.49 Å². The molecule has 0 aromatic carbocycles. The van der Waals surface area contributed by atoms with Gasteiger partial charge in [0.2, 0.25) is 0 Å². The smallest absolute Gasteiger partial charge is 0.187 e. The molecule has 0 radical (unpaired) electrons. The summed E-state index contributed by atoms with van der Waals surface area (Å²) < 4.78 is 10.2. The number of rotatable bonds is 1. The van der Waals surface area contributed by atoms with Crippen LogP contribution < -0.4 is 0 Å². The van der Waals surface area contributed by atoms with Gasteiger partial charge in [-0.1, -0.05) is 6.58 Å². The Morgan fingerprint density at radius 3 is 2.17 bits per heavy atom. The zero-order valence-corrected chi connectivity index (χ0v) is 5.17. The van der Waals surface area contributed by atoms with E-state index in [2.05, 4.69) is 6.58 Å². The molecule has 0 amide bonds. The van der Waals surface area contributed by atoms with Crippen molar-refractivity contribution in [2.24, 2.45) is 0 Å². The summed E-state index contributed by atoms with van der Waals surface area (Å²) in [7, 11) is 0. The van der Waals surface area contributed by atoms with Crippen LogP contribution in [0.1, 0.15) is 0 Å². The van der Waals surface area contributed by atoms with E-state index in [4.69, 9.17) is 11.2 Å². The van der Waals surface area contributed by atoms with Crippen molar-refractivity contribution < 1.29 is 4.57 Å². The highest BCUT2D eigenvalue weighted by Gasteiger charge is 1.98. The molecule has 0 aliphatic rings. The quantitative estimate of drug-likeness (QED) is 0.490. The Morgan fingerprint density at radius 2 is 2.17 bits per heavy atom. The molecule has 36 valence electrons. The van der Waals surface area contributed by atoms with Gasteiger partial charge >= 0.3 is 0 Å². The Hall–Kier alpha value is 0.260. The molecular formula is C3H6ClOP. The topological polar surface area (TPSA) is 17.1 Å². The van der Waals surface area contributed by atoms with Gasteiger partial charge in [0.05, 0.1) is 0 Å². The fourth-order valence-corrected chi connectivity index (χ4v) is 0. The van der Waals surface area contributed by atoms with E-state index in [0.29, 0.717) is 0 Å². The monoisotopic (exact) mass is 124 g/mol. The molecule has 3 heteroatoms. The Kier molecular flexibility index (Phi) is 1.89. The second-order valence-electron chi connectivity index (χ2n) is 1.06. The van der Waals surface area contributed by atoms with E-state index >= 15 is 0 Å². The zero-order valence-electron chi connectivity index (χ0n) is 3.52. The lowest BCUT2D eigenvalue weighted by atomic mass is 11.3. The molecule has 1 nitrogen and oxygen atoms in total. The van der Waals surface area contributed by atoms with E-state index in [1.807, 2.05) is 0 Å². The molecule has 1 atom stereocenters. The second kappa shape index (κ2) is 1.81. The van der Waals surface area contributed by atoms with Crippen molar-refractivity contribution in [3.63, 3.8) is 0 Å². The molecule has 0 heterocycles. The van der Waals surface area contributed by atoms with Crippen LogP contribution in [0.25, 0.3) is 0 Å². The molecular weight excluding hydrogens is 118 g/mol. The summed E-state index contributed by atoms with van der Waals surface area (Å²) in [6.45, 7) is 2.27. The summed E-state index contributed by atoms with van der Waals surface area (Å²) in [5, 5.41) is 0. The van der Waals surface area contributed by atoms with E-state index in [-0.39, 0.29) is 0 Å². The lowest BCUT2D eigenvalue weighted by Gasteiger charge is -1.86. The first-order valence-corrected chi connectivity index (χ1v) is 4.59. The Labute approximate surface area is 42.2 Å². The summed E-state index contributed by atoms with van der Waals surface area (Å²) in [5.74, 6) is 1.26. The van der Waals surface area contributed by atoms with Crippen LogP contribution in [0, 0.1) is 0 Å². The minimum Gasteiger partial charge on any atom is -0.303 e. The summed E-state index contributed by atoms with van der Waals surface area (Å²) in [4.78, 5) is 0. The van der Waals surface area contributed by atoms with Crippen molar-refractivity contribution >= 4 is 17.7 Å². The number of hydrogen-bond donors (Lipinski definition) is 0. The van der Waals surface area contributed by atoms with Gasteiger partial charge in [0.15, 0.2) is 6.49 Å². The van der Waals surface area contributed by atoms with Crippen LogP contribution in [0.4, 0.5) is 0 Å². The van der Waals surface area contributed by atoms with Gasteiger partial charge in [-0.05, 0) is 17.1 Å². The average Bonchev–Trinajstić information content (AvgIpc) is 1.35. The highest BCUT2D eigenvalue weighted by Crippen LogP contribution is 2.47. The van der Waals surface area contributed by atoms with Crippen LogP contribution in [0.5, 0.6) is 0 Å². The second-order valence-corrected chi connectivity index (χ2v) is 5.21. The molecule has 0 fully saturated rings. The van der Waals surface area contributed by atoms with Crippen LogP contribution in [0.2, 0.25) is 0 Å². The molecule has 0 aromatic heterocycles. The van der Waals surface area contributed by atoms with Gasteiger partial charge < -0.3 is 4.57 Å². The van der Waals surface area contributed by atoms with Crippen molar-refractivity contribution in [2.45, 2.75) is 0 Å².